The fourth-order valence-corrected chi connectivity index (χ4v) is 2.77. The number of carboxylic acid groups (broad SMARTS) is 2. The Balaban J connectivity index is 5.27. The summed E-state index contributed by atoms with van der Waals surface area (Å²) in [4.78, 5) is 44.9. The molecule has 2 atom stereocenters. The number of hydrogen-bond acceptors (Lipinski definition) is 11. The fourth-order valence-electron chi connectivity index (χ4n) is 1.57. The Kier molecular flexibility index (Phi) is 9.49. The lowest BCUT2D eigenvalue weighted by Crippen LogP contribution is -2.36. The molecule has 0 spiro atoms. The Morgan fingerprint density at radius 2 is 1.04 bits per heavy atom. The van der Waals surface area contributed by atoms with E-state index in [0.717, 1.165) is 0 Å². The quantitative estimate of drug-likeness (QED) is 0.203. The number of ether oxygens (including phenoxy) is 1. The van der Waals surface area contributed by atoms with E-state index < -0.39 is 82.0 Å². The van der Waals surface area contributed by atoms with Crippen molar-refractivity contribution in [3.05, 3.63) is 0 Å². The van der Waals surface area contributed by atoms with Crippen LogP contribution in [0.4, 0.5) is 0 Å². The highest BCUT2D eigenvalue weighted by atomic mass is 32.2. The molecule has 156 valence electrons. The van der Waals surface area contributed by atoms with Crippen LogP contribution < -0.4 is 0 Å². The molecule has 0 fully saturated rings. The molecule has 27 heavy (non-hydrogen) atoms. The topological polar surface area (TPSA) is 205 Å². The van der Waals surface area contributed by atoms with Crippen molar-refractivity contribution in [2.45, 2.75) is 37.9 Å². The van der Waals surface area contributed by atoms with Crippen molar-refractivity contribution in [3.63, 3.8) is 0 Å². The van der Waals surface area contributed by atoms with Crippen LogP contribution in [0.2, 0.25) is 0 Å². The lowest BCUT2D eigenvalue weighted by Gasteiger charge is -2.17. The third-order valence-corrected chi connectivity index (χ3v) is 3.71. The zero-order valence-electron chi connectivity index (χ0n) is 14.2. The maximum Gasteiger partial charge on any atom is 0.344 e. The zero-order chi connectivity index (χ0) is 21.4. The molecule has 0 saturated carbocycles. The van der Waals surface area contributed by atoms with Crippen LogP contribution in [0.1, 0.15) is 25.7 Å². The zero-order valence-corrected chi connectivity index (χ0v) is 15.8. The van der Waals surface area contributed by atoms with Gasteiger partial charge in [0.05, 0.1) is 12.5 Å². The van der Waals surface area contributed by atoms with Crippen LogP contribution in [0, 0.1) is 0 Å². The average molecular weight is 434 g/mol. The molecule has 0 bridgehead atoms. The first-order chi connectivity index (χ1) is 12.1. The first-order valence-corrected chi connectivity index (χ1v) is 10.7. The van der Waals surface area contributed by atoms with Gasteiger partial charge in [-0.25, -0.2) is 9.59 Å². The Morgan fingerprint density at radius 3 is 1.26 bits per heavy atom. The van der Waals surface area contributed by atoms with E-state index in [-0.39, 0.29) is 0 Å². The number of rotatable bonds is 12. The molecule has 0 aliphatic heterocycles. The smallest absolute Gasteiger partial charge is 0.344 e. The van der Waals surface area contributed by atoms with E-state index >= 15 is 0 Å². The summed E-state index contributed by atoms with van der Waals surface area (Å²) in [6, 6.07) is 0. The molecular weight excluding hydrogens is 416 g/mol. The number of esters is 2. The summed E-state index contributed by atoms with van der Waals surface area (Å²) in [5.74, 6) is -6.00. The molecule has 0 aromatic heterocycles. The van der Waals surface area contributed by atoms with Crippen LogP contribution in [-0.4, -0.2) is 75.6 Å². The van der Waals surface area contributed by atoms with E-state index in [1.807, 2.05) is 0 Å². The summed E-state index contributed by atoms with van der Waals surface area (Å²) in [5, 5.41) is 17.2. The van der Waals surface area contributed by atoms with Gasteiger partial charge < -0.3 is 14.9 Å². The summed E-state index contributed by atoms with van der Waals surface area (Å²) in [6.07, 6.45) is -5.58. The van der Waals surface area contributed by atoms with Crippen LogP contribution in [-0.2, 0) is 52.5 Å². The highest BCUT2D eigenvalue weighted by molar-refractivity contribution is 7.86. The van der Waals surface area contributed by atoms with Gasteiger partial charge in [-0.05, 0) is 12.8 Å². The fraction of sp³-hybridized carbons (Fsp3) is 0.667. The number of carboxylic acids is 2. The van der Waals surface area contributed by atoms with E-state index in [9.17, 15) is 36.0 Å². The van der Waals surface area contributed by atoms with Crippen LogP contribution in [0.3, 0.4) is 0 Å². The number of carbonyl (C=O) groups excluding carboxylic acids is 2. The second-order valence-corrected chi connectivity index (χ2v) is 8.38. The molecule has 2 N–H and O–H groups in total. The summed E-state index contributed by atoms with van der Waals surface area (Å²) in [5.41, 5.74) is 0. The molecule has 0 radical (unpaired) electrons. The van der Waals surface area contributed by atoms with Gasteiger partial charge >= 0.3 is 23.9 Å². The molecule has 0 saturated heterocycles. The second-order valence-electron chi connectivity index (χ2n) is 5.18. The van der Waals surface area contributed by atoms with Gasteiger partial charge in [0.2, 0.25) is 0 Å². The second kappa shape index (κ2) is 10.3. The maximum atomic E-state index is 11.9. The van der Waals surface area contributed by atoms with E-state index in [4.69, 9.17) is 10.2 Å². The first-order valence-electron chi connectivity index (χ1n) is 7.06. The first kappa shape index (κ1) is 24.9. The highest BCUT2D eigenvalue weighted by Crippen LogP contribution is 2.13. The molecular formula is C12H18O13S2. The molecule has 0 heterocycles. The Morgan fingerprint density at radius 1 is 0.741 bits per heavy atom. The average Bonchev–Trinajstić information content (AvgIpc) is 2.44. The van der Waals surface area contributed by atoms with Crippen molar-refractivity contribution < 1.29 is 59.3 Å². The standard InChI is InChI=1S/C12H18O13S2/c1-26(19,20)24-7(3-5-9(13)14)11(17)23-12(18)8(4-6-10(15)16)25-27(2,21)22/h7-8H,3-6H2,1-2H3,(H,13,14)(H,15,16). The monoisotopic (exact) mass is 434 g/mol. The van der Waals surface area contributed by atoms with Crippen molar-refractivity contribution in [2.24, 2.45) is 0 Å². The molecule has 0 aliphatic carbocycles. The SMILES string of the molecule is CS(=O)(=O)OC(CCC(=O)O)C(=O)OC(=O)C(CCC(=O)O)OS(C)(=O)=O. The van der Waals surface area contributed by atoms with Gasteiger partial charge in [0, 0.05) is 12.8 Å². The summed E-state index contributed by atoms with van der Waals surface area (Å²) in [6.45, 7) is 0. The maximum absolute atomic E-state index is 11.9. The summed E-state index contributed by atoms with van der Waals surface area (Å²) in [7, 11) is -8.46. The van der Waals surface area contributed by atoms with Crippen LogP contribution in [0.5, 0.6) is 0 Å². The van der Waals surface area contributed by atoms with Crippen molar-refractivity contribution in [1.29, 1.82) is 0 Å². The third-order valence-electron chi connectivity index (χ3n) is 2.55. The molecule has 13 nitrogen and oxygen atoms in total. The van der Waals surface area contributed by atoms with E-state index in [1.54, 1.807) is 0 Å². The van der Waals surface area contributed by atoms with E-state index in [2.05, 4.69) is 13.1 Å². The minimum absolute atomic E-state index is 0.568. The van der Waals surface area contributed by atoms with E-state index in [1.165, 1.54) is 0 Å². The van der Waals surface area contributed by atoms with Gasteiger partial charge in [-0.1, -0.05) is 0 Å². The van der Waals surface area contributed by atoms with Gasteiger partial charge in [0.15, 0.2) is 12.2 Å². The van der Waals surface area contributed by atoms with Gasteiger partial charge in [-0.2, -0.15) is 16.8 Å². The largest absolute Gasteiger partial charge is 0.481 e. The third kappa shape index (κ3) is 12.8. The number of carbonyl (C=O) groups is 4. The lowest BCUT2D eigenvalue weighted by atomic mass is 10.2. The predicted molar refractivity (Wildman–Crippen MR) is 84.3 cm³/mol. The van der Waals surface area contributed by atoms with E-state index in [0.29, 0.717) is 12.5 Å². The van der Waals surface area contributed by atoms with Crippen molar-refractivity contribution in [3.8, 4) is 0 Å². The van der Waals surface area contributed by atoms with Crippen LogP contribution in [0.15, 0.2) is 0 Å². The van der Waals surface area contributed by atoms with Crippen LogP contribution in [0.25, 0.3) is 0 Å². The number of aliphatic carboxylic acids is 2. The van der Waals surface area contributed by atoms with Gasteiger partial charge in [0.1, 0.15) is 0 Å². The van der Waals surface area contributed by atoms with Crippen molar-refractivity contribution >= 4 is 44.1 Å². The molecule has 0 aromatic rings. The summed E-state index contributed by atoms with van der Waals surface area (Å²) >= 11 is 0. The minimum Gasteiger partial charge on any atom is -0.481 e. The Bertz CT molecular complexity index is 714. The number of hydrogen-bond donors (Lipinski definition) is 2. The molecule has 15 heteroatoms. The lowest BCUT2D eigenvalue weighted by molar-refractivity contribution is -0.169. The minimum atomic E-state index is -4.23. The predicted octanol–water partition coefficient (Wildman–Crippen LogP) is -1.52. The molecule has 0 aromatic carbocycles. The Hall–Kier alpha value is -2.10. The van der Waals surface area contributed by atoms with Gasteiger partial charge in [-0.15, -0.1) is 0 Å². The Labute approximate surface area is 154 Å². The van der Waals surface area contributed by atoms with Crippen molar-refractivity contribution in [2.75, 3.05) is 12.5 Å². The normalized spacial score (nSPS) is 14.1. The van der Waals surface area contributed by atoms with Crippen molar-refractivity contribution in [1.82, 2.24) is 0 Å². The summed E-state index contributed by atoms with van der Waals surface area (Å²) < 4.78 is 57.6. The van der Waals surface area contributed by atoms with Gasteiger partial charge in [-0.3, -0.25) is 18.0 Å². The highest BCUT2D eigenvalue weighted by Gasteiger charge is 2.33. The molecule has 0 rings (SSSR count). The van der Waals surface area contributed by atoms with Crippen LogP contribution >= 0.6 is 0 Å². The van der Waals surface area contributed by atoms with Gasteiger partial charge in [0.25, 0.3) is 20.2 Å². The molecule has 2 unspecified atom stereocenters. The molecule has 0 aliphatic rings. The molecule has 0 amide bonds.